The van der Waals surface area contributed by atoms with Crippen molar-refractivity contribution < 1.29 is 0 Å². The first kappa shape index (κ1) is 12.8. The summed E-state index contributed by atoms with van der Waals surface area (Å²) in [4.78, 5) is 8.87. The quantitative estimate of drug-likeness (QED) is 0.785. The molecule has 1 aromatic carbocycles. The third-order valence-corrected chi connectivity index (χ3v) is 3.31. The van der Waals surface area contributed by atoms with Gasteiger partial charge in [0.1, 0.15) is 0 Å². The van der Waals surface area contributed by atoms with Crippen LogP contribution in [-0.2, 0) is 13.1 Å². The Labute approximate surface area is 118 Å². The van der Waals surface area contributed by atoms with Gasteiger partial charge in [-0.15, -0.1) is 0 Å². The third kappa shape index (κ3) is 2.83. The Morgan fingerprint density at radius 1 is 0.950 bits per heavy atom. The van der Waals surface area contributed by atoms with Gasteiger partial charge in [-0.2, -0.15) is 0 Å². The van der Waals surface area contributed by atoms with Crippen LogP contribution in [0.1, 0.15) is 17.0 Å². The van der Waals surface area contributed by atoms with Crippen molar-refractivity contribution in [3.05, 3.63) is 71.7 Å². The van der Waals surface area contributed by atoms with E-state index in [9.17, 15) is 0 Å². The SMILES string of the molecule is Cc1cccc(CNCc2ccnc3ccccc23)n1. The monoisotopic (exact) mass is 263 g/mol. The van der Waals surface area contributed by atoms with Crippen LogP contribution in [0.5, 0.6) is 0 Å². The van der Waals surface area contributed by atoms with Gasteiger partial charge in [-0.25, -0.2) is 0 Å². The molecule has 0 spiro atoms. The second kappa shape index (κ2) is 5.80. The Balaban J connectivity index is 1.71. The molecule has 3 rings (SSSR count). The van der Waals surface area contributed by atoms with Crippen molar-refractivity contribution in [1.82, 2.24) is 15.3 Å². The van der Waals surface area contributed by atoms with Crippen LogP contribution >= 0.6 is 0 Å². The highest BCUT2D eigenvalue weighted by Crippen LogP contribution is 2.15. The molecule has 0 saturated carbocycles. The molecule has 0 aliphatic heterocycles. The van der Waals surface area contributed by atoms with E-state index in [0.29, 0.717) is 0 Å². The topological polar surface area (TPSA) is 37.8 Å². The predicted octanol–water partition coefficient (Wildman–Crippen LogP) is 3.23. The summed E-state index contributed by atoms with van der Waals surface area (Å²) in [7, 11) is 0. The lowest BCUT2D eigenvalue weighted by Crippen LogP contribution is -2.14. The number of nitrogens with one attached hydrogen (secondary N) is 1. The lowest BCUT2D eigenvalue weighted by Gasteiger charge is -2.08. The number of aromatic nitrogens is 2. The number of rotatable bonds is 4. The maximum absolute atomic E-state index is 4.49. The van der Waals surface area contributed by atoms with E-state index in [2.05, 4.69) is 33.5 Å². The van der Waals surface area contributed by atoms with Gasteiger partial charge in [-0.05, 0) is 36.8 Å². The molecule has 0 amide bonds. The number of pyridine rings is 2. The van der Waals surface area contributed by atoms with Gasteiger partial charge >= 0.3 is 0 Å². The molecule has 3 nitrogen and oxygen atoms in total. The predicted molar refractivity (Wildman–Crippen MR) is 81.3 cm³/mol. The molecule has 0 unspecified atom stereocenters. The fourth-order valence-corrected chi connectivity index (χ4v) is 2.33. The van der Waals surface area contributed by atoms with Gasteiger partial charge in [0.05, 0.1) is 11.2 Å². The molecule has 0 radical (unpaired) electrons. The summed E-state index contributed by atoms with van der Waals surface area (Å²) in [5.41, 5.74) is 4.44. The summed E-state index contributed by atoms with van der Waals surface area (Å²) in [6.07, 6.45) is 1.87. The molecule has 0 bridgehead atoms. The van der Waals surface area contributed by atoms with Gasteiger partial charge in [0.2, 0.25) is 0 Å². The van der Waals surface area contributed by atoms with Gasteiger partial charge in [-0.3, -0.25) is 9.97 Å². The lowest BCUT2D eigenvalue weighted by molar-refractivity contribution is 0.680. The molecule has 1 N–H and O–H groups in total. The van der Waals surface area contributed by atoms with Crippen molar-refractivity contribution in [2.45, 2.75) is 20.0 Å². The van der Waals surface area contributed by atoms with E-state index in [1.807, 2.05) is 43.5 Å². The van der Waals surface area contributed by atoms with Gasteiger partial charge in [0, 0.05) is 30.4 Å². The maximum atomic E-state index is 4.49. The maximum Gasteiger partial charge on any atom is 0.0705 e. The zero-order valence-electron chi connectivity index (χ0n) is 11.5. The van der Waals surface area contributed by atoms with Crippen molar-refractivity contribution in [2.75, 3.05) is 0 Å². The van der Waals surface area contributed by atoms with Gasteiger partial charge in [0.15, 0.2) is 0 Å². The largest absolute Gasteiger partial charge is 0.307 e. The van der Waals surface area contributed by atoms with Crippen LogP contribution in [0.2, 0.25) is 0 Å². The van der Waals surface area contributed by atoms with Crippen molar-refractivity contribution in [3.8, 4) is 0 Å². The van der Waals surface area contributed by atoms with Gasteiger partial charge in [0.25, 0.3) is 0 Å². The first-order valence-electron chi connectivity index (χ1n) is 6.79. The molecule has 0 aliphatic rings. The molecular formula is C17H17N3. The van der Waals surface area contributed by atoms with Crippen LogP contribution in [0, 0.1) is 6.92 Å². The average molecular weight is 263 g/mol. The molecule has 100 valence electrons. The number of aryl methyl sites for hydroxylation is 1. The van der Waals surface area contributed by atoms with Crippen LogP contribution in [0.25, 0.3) is 10.9 Å². The summed E-state index contributed by atoms with van der Waals surface area (Å²) >= 11 is 0. The normalized spacial score (nSPS) is 10.8. The van der Waals surface area contributed by atoms with Crippen molar-refractivity contribution in [3.63, 3.8) is 0 Å². The van der Waals surface area contributed by atoms with E-state index in [-0.39, 0.29) is 0 Å². The second-order valence-electron chi connectivity index (χ2n) is 4.86. The summed E-state index contributed by atoms with van der Waals surface area (Å²) in [5, 5.41) is 4.66. The molecule has 0 aliphatic carbocycles. The molecule has 0 saturated heterocycles. The van der Waals surface area contributed by atoms with Crippen LogP contribution in [0.3, 0.4) is 0 Å². The average Bonchev–Trinajstić information content (AvgIpc) is 2.48. The highest BCUT2D eigenvalue weighted by molar-refractivity contribution is 5.81. The fraction of sp³-hybridized carbons (Fsp3) is 0.176. The van der Waals surface area contributed by atoms with Crippen molar-refractivity contribution in [1.29, 1.82) is 0 Å². The molecule has 3 heteroatoms. The van der Waals surface area contributed by atoms with Crippen molar-refractivity contribution >= 4 is 10.9 Å². The first-order chi connectivity index (χ1) is 9.83. The molecule has 3 aromatic rings. The smallest absolute Gasteiger partial charge is 0.0705 e. The minimum Gasteiger partial charge on any atom is -0.307 e. The minimum absolute atomic E-state index is 0.776. The fourth-order valence-electron chi connectivity index (χ4n) is 2.33. The Kier molecular flexibility index (Phi) is 3.70. The standard InChI is InChI=1S/C17H17N3/c1-13-5-4-6-15(20-13)12-18-11-14-9-10-19-17-8-3-2-7-16(14)17/h2-10,18H,11-12H2,1H3. The molecule has 20 heavy (non-hydrogen) atoms. The number of hydrogen-bond donors (Lipinski definition) is 1. The highest BCUT2D eigenvalue weighted by Gasteiger charge is 2.01. The van der Waals surface area contributed by atoms with Crippen LogP contribution in [0.15, 0.2) is 54.7 Å². The van der Waals surface area contributed by atoms with E-state index in [1.54, 1.807) is 0 Å². The number of fused-ring (bicyclic) bond motifs is 1. The third-order valence-electron chi connectivity index (χ3n) is 3.31. The Morgan fingerprint density at radius 2 is 1.85 bits per heavy atom. The van der Waals surface area contributed by atoms with E-state index >= 15 is 0 Å². The van der Waals surface area contributed by atoms with E-state index in [4.69, 9.17) is 0 Å². The number of para-hydroxylation sites is 1. The van der Waals surface area contributed by atoms with Crippen LogP contribution < -0.4 is 5.32 Å². The zero-order valence-corrected chi connectivity index (χ0v) is 11.5. The zero-order chi connectivity index (χ0) is 13.8. The van der Waals surface area contributed by atoms with Crippen LogP contribution in [-0.4, -0.2) is 9.97 Å². The Bertz CT molecular complexity index is 717. The summed E-state index contributed by atoms with van der Waals surface area (Å²) in [5.74, 6) is 0. The molecule has 0 atom stereocenters. The van der Waals surface area contributed by atoms with E-state index in [1.165, 1.54) is 10.9 Å². The van der Waals surface area contributed by atoms with Crippen molar-refractivity contribution in [2.24, 2.45) is 0 Å². The van der Waals surface area contributed by atoms with Gasteiger partial charge in [-0.1, -0.05) is 24.3 Å². The number of benzene rings is 1. The Hall–Kier alpha value is -2.26. The van der Waals surface area contributed by atoms with Gasteiger partial charge < -0.3 is 5.32 Å². The number of hydrogen-bond acceptors (Lipinski definition) is 3. The lowest BCUT2D eigenvalue weighted by atomic mass is 10.1. The molecule has 2 heterocycles. The first-order valence-corrected chi connectivity index (χ1v) is 6.79. The van der Waals surface area contributed by atoms with E-state index in [0.717, 1.165) is 30.0 Å². The molecule has 0 fully saturated rings. The number of nitrogens with zero attached hydrogens (tertiary/aromatic N) is 2. The molecular weight excluding hydrogens is 246 g/mol. The van der Waals surface area contributed by atoms with E-state index < -0.39 is 0 Å². The van der Waals surface area contributed by atoms with Crippen LogP contribution in [0.4, 0.5) is 0 Å². The highest BCUT2D eigenvalue weighted by atomic mass is 14.9. The Morgan fingerprint density at radius 3 is 2.75 bits per heavy atom. The molecule has 2 aromatic heterocycles. The summed E-state index contributed by atoms with van der Waals surface area (Å²) in [6.45, 7) is 3.61. The second-order valence-corrected chi connectivity index (χ2v) is 4.86. The summed E-state index contributed by atoms with van der Waals surface area (Å²) in [6, 6.07) is 16.4. The summed E-state index contributed by atoms with van der Waals surface area (Å²) < 4.78 is 0. The minimum atomic E-state index is 0.776.